The molecule has 1 aliphatic rings. The lowest BCUT2D eigenvalue weighted by Gasteiger charge is -2.21. The highest BCUT2D eigenvalue weighted by atomic mass is 32.1. The van der Waals surface area contributed by atoms with Gasteiger partial charge in [0.2, 0.25) is 16.0 Å². The van der Waals surface area contributed by atoms with Crippen molar-refractivity contribution in [3.63, 3.8) is 0 Å². The third-order valence-electron chi connectivity index (χ3n) is 5.76. The van der Waals surface area contributed by atoms with Gasteiger partial charge in [0.15, 0.2) is 0 Å². The average molecular weight is 475 g/mol. The van der Waals surface area contributed by atoms with Crippen LogP contribution in [0.4, 0.5) is 9.93 Å². The molecule has 0 spiro atoms. The fourth-order valence-corrected chi connectivity index (χ4v) is 4.70. The topological polar surface area (TPSA) is 109 Å². The third-order valence-corrected chi connectivity index (χ3v) is 6.60. The number of anilines is 1. The molecule has 2 N–H and O–H groups in total. The number of hydrogen-bond acceptors (Lipinski definition) is 6. The molecule has 10 heteroatoms. The smallest absolute Gasteiger partial charge is 0.323 e. The van der Waals surface area contributed by atoms with Crippen LogP contribution in [-0.2, 0) is 16.0 Å². The summed E-state index contributed by atoms with van der Waals surface area (Å²) in [5, 5.41) is 10.1. The van der Waals surface area contributed by atoms with Crippen molar-refractivity contribution in [3.05, 3.63) is 72.4 Å². The number of nitrogens with one attached hydrogen (secondary N) is 2. The van der Waals surface area contributed by atoms with Gasteiger partial charge in [-0.2, -0.15) is 0 Å². The predicted molar refractivity (Wildman–Crippen MR) is 128 cm³/mol. The number of carbonyl (C=O) groups excluding carboxylic acids is 3. The molecule has 1 atom stereocenters. The van der Waals surface area contributed by atoms with E-state index in [0.717, 1.165) is 21.7 Å². The Hall–Kier alpha value is -4.05. The van der Waals surface area contributed by atoms with Crippen molar-refractivity contribution in [1.29, 1.82) is 0 Å². The zero-order valence-electron chi connectivity index (χ0n) is 18.4. The van der Waals surface area contributed by atoms with Crippen molar-refractivity contribution < 1.29 is 14.4 Å². The molecule has 4 amide bonds. The van der Waals surface area contributed by atoms with Crippen LogP contribution in [0.1, 0.15) is 18.9 Å². The van der Waals surface area contributed by atoms with Crippen molar-refractivity contribution in [1.82, 2.24) is 24.8 Å². The Morgan fingerprint density at radius 3 is 2.50 bits per heavy atom. The van der Waals surface area contributed by atoms with Crippen LogP contribution in [0.3, 0.4) is 0 Å². The molecule has 1 saturated heterocycles. The molecule has 2 aromatic carbocycles. The van der Waals surface area contributed by atoms with Crippen LogP contribution in [0.2, 0.25) is 0 Å². The number of rotatable bonds is 7. The van der Waals surface area contributed by atoms with E-state index < -0.39 is 23.4 Å². The molecule has 0 radical (unpaired) electrons. The van der Waals surface area contributed by atoms with E-state index in [-0.39, 0.29) is 6.54 Å². The summed E-state index contributed by atoms with van der Waals surface area (Å²) in [6.07, 6.45) is 2.85. The number of benzene rings is 2. The monoisotopic (exact) mass is 474 g/mol. The van der Waals surface area contributed by atoms with Crippen molar-refractivity contribution in [2.75, 3.05) is 11.9 Å². The van der Waals surface area contributed by atoms with Crippen molar-refractivity contribution in [2.24, 2.45) is 0 Å². The van der Waals surface area contributed by atoms with Gasteiger partial charge in [-0.1, -0.05) is 72.0 Å². The molecule has 2 aromatic heterocycles. The van der Waals surface area contributed by atoms with Gasteiger partial charge in [-0.15, -0.1) is 5.10 Å². The average Bonchev–Trinajstić information content (AvgIpc) is 3.46. The summed E-state index contributed by atoms with van der Waals surface area (Å²) in [7, 11) is 0. The molecule has 9 nitrogen and oxygen atoms in total. The highest BCUT2D eigenvalue weighted by Gasteiger charge is 2.47. The van der Waals surface area contributed by atoms with Crippen LogP contribution in [0.5, 0.6) is 0 Å². The van der Waals surface area contributed by atoms with Gasteiger partial charge in [-0.25, -0.2) is 14.3 Å². The van der Waals surface area contributed by atoms with Crippen molar-refractivity contribution in [3.8, 4) is 11.3 Å². The molecule has 0 aliphatic carbocycles. The Bertz CT molecular complexity index is 1340. The van der Waals surface area contributed by atoms with Gasteiger partial charge < -0.3 is 5.32 Å². The Morgan fingerprint density at radius 1 is 1.09 bits per heavy atom. The molecular formula is C24H22N6O3S. The summed E-state index contributed by atoms with van der Waals surface area (Å²) in [5.41, 5.74) is 1.78. The maximum Gasteiger partial charge on any atom is 0.325 e. The highest BCUT2D eigenvalue weighted by Crippen LogP contribution is 2.25. The fourth-order valence-electron chi connectivity index (χ4n) is 3.90. The molecule has 3 heterocycles. The van der Waals surface area contributed by atoms with E-state index in [9.17, 15) is 14.4 Å². The lowest BCUT2D eigenvalue weighted by atomic mass is 9.93. The largest absolute Gasteiger partial charge is 0.325 e. The van der Waals surface area contributed by atoms with E-state index in [1.807, 2.05) is 60.7 Å². The molecule has 4 aromatic rings. The van der Waals surface area contributed by atoms with E-state index in [2.05, 4.69) is 20.7 Å². The summed E-state index contributed by atoms with van der Waals surface area (Å²) in [6.45, 7) is 1.30. The maximum atomic E-state index is 13.0. The first-order valence-corrected chi connectivity index (χ1v) is 11.6. The highest BCUT2D eigenvalue weighted by molar-refractivity contribution is 7.20. The van der Waals surface area contributed by atoms with Gasteiger partial charge >= 0.3 is 6.03 Å². The quantitative estimate of drug-likeness (QED) is 0.400. The first-order chi connectivity index (χ1) is 16.4. The second-order valence-corrected chi connectivity index (χ2v) is 9.27. The van der Waals surface area contributed by atoms with Gasteiger partial charge in [-0.05, 0) is 25.3 Å². The zero-order valence-corrected chi connectivity index (χ0v) is 19.2. The Balaban J connectivity index is 1.21. The van der Waals surface area contributed by atoms with Gasteiger partial charge in [-0.3, -0.25) is 19.8 Å². The number of hydrogen-bond donors (Lipinski definition) is 2. The summed E-state index contributed by atoms with van der Waals surface area (Å²) < 4.78 is 1.59. The van der Waals surface area contributed by atoms with Crippen LogP contribution in [0.15, 0.2) is 66.9 Å². The summed E-state index contributed by atoms with van der Waals surface area (Å²) in [6, 6.07) is 18.9. The van der Waals surface area contributed by atoms with Gasteiger partial charge in [0.1, 0.15) is 12.1 Å². The molecule has 1 aliphatic heterocycles. The molecular weight excluding hydrogens is 452 g/mol. The van der Waals surface area contributed by atoms with Gasteiger partial charge in [0.05, 0.1) is 11.9 Å². The normalized spacial score (nSPS) is 17.9. The van der Waals surface area contributed by atoms with Gasteiger partial charge in [0, 0.05) is 5.56 Å². The number of nitrogens with zero attached hydrogens (tertiary/aromatic N) is 4. The van der Waals surface area contributed by atoms with E-state index >= 15 is 0 Å². The fraction of sp³-hybridized carbons (Fsp3) is 0.208. The van der Waals surface area contributed by atoms with Crippen LogP contribution in [0, 0.1) is 0 Å². The molecule has 0 unspecified atom stereocenters. The number of carbonyl (C=O) groups is 3. The van der Waals surface area contributed by atoms with Crippen LogP contribution in [-0.4, -0.2) is 49.4 Å². The number of urea groups is 1. The molecule has 34 heavy (non-hydrogen) atoms. The minimum Gasteiger partial charge on any atom is -0.323 e. The summed E-state index contributed by atoms with van der Waals surface area (Å²) in [4.78, 5) is 44.1. The van der Waals surface area contributed by atoms with Crippen molar-refractivity contribution >= 4 is 39.3 Å². The first kappa shape index (κ1) is 21.8. The lowest BCUT2D eigenvalue weighted by molar-refractivity contribution is -0.133. The second-order valence-electron chi connectivity index (χ2n) is 8.31. The number of aromatic nitrogens is 3. The number of fused-ring (bicyclic) bond motifs is 1. The predicted octanol–water partition coefficient (Wildman–Crippen LogP) is 3.34. The van der Waals surface area contributed by atoms with Crippen molar-refractivity contribution in [2.45, 2.75) is 25.3 Å². The standard InChI is InChI=1S/C24H22N6O3S/c1-24(13-12-16-8-4-2-5-9-16)20(32)29(22(33)27-24)15-19(31)26-21-28-30-14-18(25-23(30)34-21)17-10-6-3-7-11-17/h2-11,14H,12-13,15H2,1H3,(H,27,33)(H,26,28,31)/t24-/m0/s1. The van der Waals surface area contributed by atoms with E-state index in [4.69, 9.17) is 0 Å². The molecule has 0 bridgehead atoms. The summed E-state index contributed by atoms with van der Waals surface area (Å²) in [5.74, 6) is -0.916. The zero-order chi connectivity index (χ0) is 23.7. The van der Waals surface area contributed by atoms with Crippen LogP contribution in [0.25, 0.3) is 16.2 Å². The van der Waals surface area contributed by atoms with Gasteiger partial charge in [0.25, 0.3) is 5.91 Å². The SMILES string of the molecule is C[C@@]1(CCc2ccccc2)NC(=O)N(CC(=O)Nc2nn3cc(-c4ccccc4)nc3s2)C1=O. The molecule has 0 saturated carbocycles. The Kier molecular flexibility index (Phi) is 5.58. The maximum absolute atomic E-state index is 13.0. The summed E-state index contributed by atoms with van der Waals surface area (Å²) >= 11 is 1.21. The first-order valence-electron chi connectivity index (χ1n) is 10.8. The van der Waals surface area contributed by atoms with E-state index in [1.165, 1.54) is 11.3 Å². The lowest BCUT2D eigenvalue weighted by Crippen LogP contribution is -2.45. The number of imide groups is 1. The number of imidazole rings is 1. The van der Waals surface area contributed by atoms with E-state index in [0.29, 0.717) is 22.9 Å². The van der Waals surface area contributed by atoms with E-state index in [1.54, 1.807) is 17.6 Å². The van der Waals surface area contributed by atoms with Crippen LogP contribution < -0.4 is 10.6 Å². The Morgan fingerprint density at radius 2 is 1.79 bits per heavy atom. The molecule has 172 valence electrons. The number of amides is 4. The minimum absolute atomic E-state index is 0.339. The minimum atomic E-state index is -1.05. The third kappa shape index (κ3) is 4.27. The molecule has 5 rings (SSSR count). The number of aryl methyl sites for hydroxylation is 1. The van der Waals surface area contributed by atoms with Crippen LogP contribution >= 0.6 is 11.3 Å². The molecule has 1 fully saturated rings. The second kappa shape index (κ2) is 8.71. The Labute approximate surface area is 199 Å².